The minimum absolute atomic E-state index is 0.104. The molecule has 1 atom stereocenters. The van der Waals surface area contributed by atoms with Crippen LogP contribution in [0, 0.1) is 5.92 Å². The highest BCUT2D eigenvalue weighted by Crippen LogP contribution is 2.11. The van der Waals surface area contributed by atoms with Crippen LogP contribution in [0.1, 0.15) is 19.8 Å². The van der Waals surface area contributed by atoms with Crippen LogP contribution in [-0.4, -0.2) is 67.3 Å². The summed E-state index contributed by atoms with van der Waals surface area (Å²) < 4.78 is 0. The molecule has 0 radical (unpaired) electrons. The van der Waals surface area contributed by atoms with Crippen molar-refractivity contribution >= 4 is 6.03 Å². The second kappa shape index (κ2) is 6.81. The summed E-state index contributed by atoms with van der Waals surface area (Å²) >= 11 is 0. The quantitative estimate of drug-likeness (QED) is 0.749. The van der Waals surface area contributed by atoms with Gasteiger partial charge in [0.15, 0.2) is 0 Å². The van der Waals surface area contributed by atoms with Crippen molar-refractivity contribution < 1.29 is 9.90 Å². The molecule has 0 bridgehead atoms. The lowest BCUT2D eigenvalue weighted by Crippen LogP contribution is -2.48. The summed E-state index contributed by atoms with van der Waals surface area (Å²) in [5.74, 6) is 0.302. The summed E-state index contributed by atoms with van der Waals surface area (Å²) in [7, 11) is 3.57. The highest BCUT2D eigenvalue weighted by atomic mass is 16.3. The van der Waals surface area contributed by atoms with E-state index in [4.69, 9.17) is 5.11 Å². The Morgan fingerprint density at radius 3 is 2.53 bits per heavy atom. The van der Waals surface area contributed by atoms with Crippen LogP contribution in [0.4, 0.5) is 4.79 Å². The Morgan fingerprint density at radius 2 is 2.06 bits per heavy atom. The van der Waals surface area contributed by atoms with Crippen molar-refractivity contribution in [2.75, 3.05) is 40.3 Å². The monoisotopic (exact) mass is 243 g/mol. The standard InChI is InChI=1S/C12H25N3O2/c1-10(9-16)8-13-11-4-6-15(7-5-11)12(17)14(2)3/h10-11,13,16H,4-9H2,1-3H3. The van der Waals surface area contributed by atoms with Gasteiger partial charge in [-0.2, -0.15) is 0 Å². The number of hydrogen-bond acceptors (Lipinski definition) is 3. The van der Waals surface area contributed by atoms with Crippen LogP contribution in [0.15, 0.2) is 0 Å². The zero-order valence-electron chi connectivity index (χ0n) is 11.1. The predicted octanol–water partition coefficient (Wildman–Crippen LogP) is 0.350. The number of piperidine rings is 1. The summed E-state index contributed by atoms with van der Waals surface area (Å²) in [6.45, 7) is 4.75. The SMILES string of the molecule is CC(CO)CNC1CCN(C(=O)N(C)C)CC1. The van der Waals surface area contributed by atoms with Gasteiger partial charge in [-0.3, -0.25) is 0 Å². The number of nitrogens with zero attached hydrogens (tertiary/aromatic N) is 2. The molecule has 1 aliphatic heterocycles. The highest BCUT2D eigenvalue weighted by molar-refractivity contribution is 5.73. The third-order valence-electron chi connectivity index (χ3n) is 3.21. The van der Waals surface area contributed by atoms with E-state index in [1.165, 1.54) is 0 Å². The van der Waals surface area contributed by atoms with Gasteiger partial charge in [-0.15, -0.1) is 0 Å². The number of amides is 2. The Kier molecular flexibility index (Phi) is 5.71. The lowest BCUT2D eigenvalue weighted by Gasteiger charge is -2.34. The van der Waals surface area contributed by atoms with Crippen molar-refractivity contribution in [3.63, 3.8) is 0 Å². The second-order valence-electron chi connectivity index (χ2n) is 5.13. The molecule has 1 unspecified atom stereocenters. The Hall–Kier alpha value is -0.810. The van der Waals surface area contributed by atoms with E-state index in [1.807, 2.05) is 11.8 Å². The Bertz CT molecular complexity index is 238. The largest absolute Gasteiger partial charge is 0.396 e. The molecule has 2 N–H and O–H groups in total. The molecule has 1 fully saturated rings. The van der Waals surface area contributed by atoms with E-state index in [1.54, 1.807) is 19.0 Å². The zero-order valence-corrected chi connectivity index (χ0v) is 11.1. The molecule has 100 valence electrons. The van der Waals surface area contributed by atoms with Gasteiger partial charge in [-0.05, 0) is 18.8 Å². The minimum atomic E-state index is 0.104. The van der Waals surface area contributed by atoms with Gasteiger partial charge in [0, 0.05) is 46.4 Å². The molecule has 5 nitrogen and oxygen atoms in total. The number of likely N-dealkylation sites (tertiary alicyclic amines) is 1. The Labute approximate surface area is 104 Å². The molecule has 0 aromatic heterocycles. The first-order chi connectivity index (χ1) is 8.04. The summed E-state index contributed by atoms with van der Waals surface area (Å²) in [6, 6.07) is 0.586. The third kappa shape index (κ3) is 4.52. The second-order valence-corrected chi connectivity index (χ2v) is 5.13. The van der Waals surface area contributed by atoms with E-state index in [0.717, 1.165) is 32.5 Å². The fraction of sp³-hybridized carbons (Fsp3) is 0.917. The predicted molar refractivity (Wildman–Crippen MR) is 67.9 cm³/mol. The van der Waals surface area contributed by atoms with Crippen LogP contribution >= 0.6 is 0 Å². The van der Waals surface area contributed by atoms with Crippen molar-refractivity contribution in [3.8, 4) is 0 Å². The molecule has 2 amide bonds. The van der Waals surface area contributed by atoms with Crippen molar-refractivity contribution in [2.24, 2.45) is 5.92 Å². The maximum Gasteiger partial charge on any atom is 0.319 e. The van der Waals surface area contributed by atoms with Gasteiger partial charge in [0.25, 0.3) is 0 Å². The summed E-state index contributed by atoms with van der Waals surface area (Å²) in [6.07, 6.45) is 2.00. The first kappa shape index (κ1) is 14.3. The van der Waals surface area contributed by atoms with Gasteiger partial charge >= 0.3 is 6.03 Å². The molecule has 5 heteroatoms. The lowest BCUT2D eigenvalue weighted by atomic mass is 10.0. The fourth-order valence-corrected chi connectivity index (χ4v) is 1.99. The van der Waals surface area contributed by atoms with E-state index >= 15 is 0 Å². The van der Waals surface area contributed by atoms with E-state index in [2.05, 4.69) is 5.32 Å². The van der Waals surface area contributed by atoms with E-state index < -0.39 is 0 Å². The number of nitrogens with one attached hydrogen (secondary N) is 1. The number of rotatable bonds is 4. The number of aliphatic hydroxyl groups is 1. The van der Waals surface area contributed by atoms with Crippen molar-refractivity contribution in [2.45, 2.75) is 25.8 Å². The van der Waals surface area contributed by atoms with Gasteiger partial charge < -0.3 is 20.2 Å². The van der Waals surface area contributed by atoms with Crippen molar-refractivity contribution in [3.05, 3.63) is 0 Å². The van der Waals surface area contributed by atoms with E-state index in [0.29, 0.717) is 12.0 Å². The van der Waals surface area contributed by atoms with Gasteiger partial charge in [0.2, 0.25) is 0 Å². The molecular formula is C12H25N3O2. The first-order valence-corrected chi connectivity index (χ1v) is 6.35. The summed E-state index contributed by atoms with van der Waals surface area (Å²) in [4.78, 5) is 15.2. The van der Waals surface area contributed by atoms with Gasteiger partial charge in [-0.25, -0.2) is 4.79 Å². The highest BCUT2D eigenvalue weighted by Gasteiger charge is 2.23. The molecule has 17 heavy (non-hydrogen) atoms. The maximum absolute atomic E-state index is 11.7. The zero-order chi connectivity index (χ0) is 12.8. The van der Waals surface area contributed by atoms with Gasteiger partial charge in [0.05, 0.1) is 0 Å². The number of hydrogen-bond donors (Lipinski definition) is 2. The van der Waals surface area contributed by atoms with Crippen LogP contribution in [0.25, 0.3) is 0 Å². The molecule has 1 saturated heterocycles. The molecule has 1 heterocycles. The summed E-state index contributed by atoms with van der Waals surface area (Å²) in [5, 5.41) is 12.4. The number of urea groups is 1. The third-order valence-corrected chi connectivity index (χ3v) is 3.21. The topological polar surface area (TPSA) is 55.8 Å². The number of carbonyl (C=O) groups is 1. The Morgan fingerprint density at radius 1 is 1.47 bits per heavy atom. The van der Waals surface area contributed by atoms with E-state index in [9.17, 15) is 4.79 Å². The lowest BCUT2D eigenvalue weighted by molar-refractivity contribution is 0.150. The molecule has 0 spiro atoms. The first-order valence-electron chi connectivity index (χ1n) is 6.35. The van der Waals surface area contributed by atoms with Crippen LogP contribution in [0.3, 0.4) is 0 Å². The molecule has 0 saturated carbocycles. The molecular weight excluding hydrogens is 218 g/mol. The minimum Gasteiger partial charge on any atom is -0.396 e. The molecule has 0 aromatic rings. The fourth-order valence-electron chi connectivity index (χ4n) is 1.99. The molecule has 1 aliphatic rings. The number of aliphatic hydroxyl groups excluding tert-OH is 1. The van der Waals surface area contributed by atoms with Crippen molar-refractivity contribution in [1.82, 2.24) is 15.1 Å². The number of carbonyl (C=O) groups excluding carboxylic acids is 1. The Balaban J connectivity index is 2.24. The smallest absolute Gasteiger partial charge is 0.319 e. The average Bonchev–Trinajstić information content (AvgIpc) is 2.35. The molecule has 1 rings (SSSR count). The van der Waals surface area contributed by atoms with Crippen LogP contribution < -0.4 is 5.32 Å². The maximum atomic E-state index is 11.7. The van der Waals surface area contributed by atoms with Gasteiger partial charge in [0.1, 0.15) is 0 Å². The van der Waals surface area contributed by atoms with Gasteiger partial charge in [-0.1, -0.05) is 6.92 Å². The van der Waals surface area contributed by atoms with E-state index in [-0.39, 0.29) is 12.6 Å². The average molecular weight is 243 g/mol. The van der Waals surface area contributed by atoms with Crippen molar-refractivity contribution in [1.29, 1.82) is 0 Å². The molecule has 0 aliphatic carbocycles. The van der Waals surface area contributed by atoms with Crippen LogP contribution in [-0.2, 0) is 0 Å². The van der Waals surface area contributed by atoms with Crippen LogP contribution in [0.5, 0.6) is 0 Å². The molecule has 0 aromatic carbocycles. The van der Waals surface area contributed by atoms with Crippen LogP contribution in [0.2, 0.25) is 0 Å². The summed E-state index contributed by atoms with van der Waals surface area (Å²) in [5.41, 5.74) is 0. The normalized spacial score (nSPS) is 19.2.